The molecule has 7 nitrogen and oxygen atoms in total. The molecule has 1 aromatic rings. The zero-order chi connectivity index (χ0) is 13.1. The molecule has 8 heteroatoms. The zero-order valence-corrected chi connectivity index (χ0v) is 11.1. The minimum atomic E-state index is -3.14. The van der Waals surface area contributed by atoms with Gasteiger partial charge in [-0.2, -0.15) is 5.10 Å². The van der Waals surface area contributed by atoms with Crippen molar-refractivity contribution in [2.45, 2.75) is 13.3 Å². The summed E-state index contributed by atoms with van der Waals surface area (Å²) >= 11 is 0. The lowest BCUT2D eigenvalue weighted by molar-refractivity contribution is 0.589. The summed E-state index contributed by atoms with van der Waals surface area (Å²) in [5.74, 6) is 0.720. The molecule has 0 bridgehead atoms. The molecule has 0 aliphatic rings. The molecule has 0 radical (unpaired) electrons. The van der Waals surface area contributed by atoms with Gasteiger partial charge in [-0.1, -0.05) is 6.92 Å². The number of nitrogens with one attached hydrogen (secondary N) is 2. The van der Waals surface area contributed by atoms with E-state index in [4.69, 9.17) is 5.73 Å². The second-order valence-corrected chi connectivity index (χ2v) is 5.61. The van der Waals surface area contributed by atoms with Gasteiger partial charge in [-0.3, -0.25) is 4.68 Å². The average molecular weight is 261 g/mol. The summed E-state index contributed by atoms with van der Waals surface area (Å²) < 4.78 is 25.7. The van der Waals surface area contributed by atoms with Gasteiger partial charge in [0.15, 0.2) is 0 Å². The van der Waals surface area contributed by atoms with Crippen LogP contribution < -0.4 is 15.8 Å². The first-order valence-corrected chi connectivity index (χ1v) is 7.24. The molecule has 0 aliphatic carbocycles. The molecular formula is C9H19N5O2S. The number of hydrogen-bond donors (Lipinski definition) is 3. The van der Waals surface area contributed by atoms with Crippen LogP contribution in [0.2, 0.25) is 0 Å². The highest BCUT2D eigenvalue weighted by molar-refractivity contribution is 7.88. The Kier molecular flexibility index (Phi) is 4.35. The van der Waals surface area contributed by atoms with Crippen LogP contribution >= 0.6 is 0 Å². The molecule has 4 N–H and O–H groups in total. The van der Waals surface area contributed by atoms with E-state index in [2.05, 4.69) is 15.1 Å². The fourth-order valence-corrected chi connectivity index (χ4v) is 1.96. The van der Waals surface area contributed by atoms with Gasteiger partial charge in [-0.05, 0) is 6.42 Å². The molecule has 0 aliphatic heterocycles. The third-order valence-corrected chi connectivity index (χ3v) is 3.01. The van der Waals surface area contributed by atoms with Crippen molar-refractivity contribution in [1.82, 2.24) is 14.5 Å². The van der Waals surface area contributed by atoms with Crippen LogP contribution in [0.15, 0.2) is 0 Å². The van der Waals surface area contributed by atoms with E-state index in [0.29, 0.717) is 18.8 Å². The molecule has 0 spiro atoms. The van der Waals surface area contributed by atoms with Gasteiger partial charge >= 0.3 is 0 Å². The molecule has 0 saturated heterocycles. The van der Waals surface area contributed by atoms with Crippen molar-refractivity contribution in [2.75, 3.05) is 30.4 Å². The van der Waals surface area contributed by atoms with Gasteiger partial charge in [0.25, 0.3) is 0 Å². The van der Waals surface area contributed by atoms with Gasteiger partial charge in [0, 0.05) is 20.1 Å². The van der Waals surface area contributed by atoms with Gasteiger partial charge in [0.05, 0.1) is 17.6 Å². The first-order chi connectivity index (χ1) is 7.85. The highest BCUT2D eigenvalue weighted by Crippen LogP contribution is 2.21. The lowest BCUT2D eigenvalue weighted by Crippen LogP contribution is -2.28. The van der Waals surface area contributed by atoms with Crippen LogP contribution in [-0.4, -0.2) is 37.5 Å². The topological polar surface area (TPSA) is 102 Å². The molecule has 0 amide bonds. The lowest BCUT2D eigenvalue weighted by atomic mass is 10.3. The fourth-order valence-electron chi connectivity index (χ4n) is 1.48. The van der Waals surface area contributed by atoms with Gasteiger partial charge in [-0.25, -0.2) is 13.1 Å². The summed E-state index contributed by atoms with van der Waals surface area (Å²) in [5, 5.41) is 7.30. The molecular weight excluding hydrogens is 242 g/mol. The molecule has 17 heavy (non-hydrogen) atoms. The Morgan fingerprint density at radius 3 is 2.53 bits per heavy atom. The summed E-state index contributed by atoms with van der Waals surface area (Å²) in [6, 6.07) is 0. The van der Waals surface area contributed by atoms with Gasteiger partial charge in [-0.15, -0.1) is 0 Å². The summed E-state index contributed by atoms with van der Waals surface area (Å²) in [7, 11) is -1.35. The van der Waals surface area contributed by atoms with Gasteiger partial charge in [0.2, 0.25) is 10.0 Å². The number of rotatable bonds is 6. The number of sulfonamides is 1. The maximum absolute atomic E-state index is 10.8. The highest BCUT2D eigenvalue weighted by Gasteiger charge is 2.11. The molecule has 0 saturated carbocycles. The van der Waals surface area contributed by atoms with Crippen molar-refractivity contribution in [3.8, 4) is 0 Å². The smallest absolute Gasteiger partial charge is 0.208 e. The summed E-state index contributed by atoms with van der Waals surface area (Å²) in [6.45, 7) is 2.75. The average Bonchev–Trinajstić information content (AvgIpc) is 2.48. The van der Waals surface area contributed by atoms with Gasteiger partial charge < -0.3 is 11.1 Å². The van der Waals surface area contributed by atoms with Crippen LogP contribution in [0.1, 0.15) is 12.6 Å². The Balaban J connectivity index is 2.55. The number of nitrogen functional groups attached to an aromatic ring is 1. The monoisotopic (exact) mass is 261 g/mol. The lowest BCUT2D eigenvalue weighted by Gasteiger charge is -2.07. The van der Waals surface area contributed by atoms with Crippen LogP contribution in [0.3, 0.4) is 0 Å². The Morgan fingerprint density at radius 1 is 1.41 bits per heavy atom. The molecule has 1 rings (SSSR count). The molecule has 1 heterocycles. The summed E-state index contributed by atoms with van der Waals surface area (Å²) in [5.41, 5.74) is 7.36. The summed E-state index contributed by atoms with van der Waals surface area (Å²) in [6.07, 6.45) is 1.89. The second-order valence-electron chi connectivity index (χ2n) is 3.78. The Bertz CT molecular complexity index is 480. The van der Waals surface area contributed by atoms with Crippen LogP contribution in [0.4, 0.5) is 11.5 Å². The third kappa shape index (κ3) is 3.90. The first-order valence-electron chi connectivity index (χ1n) is 5.35. The van der Waals surface area contributed by atoms with E-state index in [1.54, 1.807) is 11.7 Å². The third-order valence-electron chi connectivity index (χ3n) is 2.28. The van der Waals surface area contributed by atoms with E-state index in [9.17, 15) is 8.42 Å². The van der Waals surface area contributed by atoms with E-state index in [0.717, 1.165) is 24.2 Å². The molecule has 0 unspecified atom stereocenters. The number of aromatic nitrogens is 2. The zero-order valence-electron chi connectivity index (χ0n) is 10.3. The molecule has 0 aromatic carbocycles. The van der Waals surface area contributed by atoms with Crippen molar-refractivity contribution in [1.29, 1.82) is 0 Å². The Labute approximate surface area is 101 Å². The maximum Gasteiger partial charge on any atom is 0.208 e. The van der Waals surface area contributed by atoms with Crippen LogP contribution in [-0.2, 0) is 23.5 Å². The molecule has 0 atom stereocenters. The SMILES string of the molecule is CCc1nn(C)c(NCCNS(C)(=O)=O)c1N. The van der Waals surface area contributed by atoms with Crippen molar-refractivity contribution in [3.05, 3.63) is 5.69 Å². The Hall–Kier alpha value is -1.28. The van der Waals surface area contributed by atoms with Crippen molar-refractivity contribution < 1.29 is 8.42 Å². The van der Waals surface area contributed by atoms with Crippen molar-refractivity contribution in [2.24, 2.45) is 7.05 Å². The first kappa shape index (κ1) is 13.8. The number of nitrogens with two attached hydrogens (primary N) is 1. The number of aryl methyl sites for hydroxylation is 2. The minimum absolute atomic E-state index is 0.310. The van der Waals surface area contributed by atoms with Crippen molar-refractivity contribution >= 4 is 21.5 Å². The van der Waals surface area contributed by atoms with E-state index in [1.165, 1.54) is 0 Å². The maximum atomic E-state index is 10.8. The van der Waals surface area contributed by atoms with Crippen molar-refractivity contribution in [3.63, 3.8) is 0 Å². The quantitative estimate of drug-likeness (QED) is 0.601. The number of anilines is 2. The van der Waals surface area contributed by atoms with Gasteiger partial charge in [0.1, 0.15) is 5.82 Å². The molecule has 98 valence electrons. The van der Waals surface area contributed by atoms with E-state index in [-0.39, 0.29) is 0 Å². The molecule has 0 fully saturated rings. The number of nitrogens with zero attached hydrogens (tertiary/aromatic N) is 2. The normalized spacial score (nSPS) is 11.7. The van der Waals surface area contributed by atoms with Crippen LogP contribution in [0.5, 0.6) is 0 Å². The largest absolute Gasteiger partial charge is 0.394 e. The highest BCUT2D eigenvalue weighted by atomic mass is 32.2. The number of hydrogen-bond acceptors (Lipinski definition) is 5. The Morgan fingerprint density at radius 2 is 2.06 bits per heavy atom. The summed E-state index contributed by atoms with van der Waals surface area (Å²) in [4.78, 5) is 0. The minimum Gasteiger partial charge on any atom is -0.394 e. The van der Waals surface area contributed by atoms with Crippen LogP contribution in [0, 0.1) is 0 Å². The fraction of sp³-hybridized carbons (Fsp3) is 0.667. The molecule has 1 aromatic heterocycles. The van der Waals surface area contributed by atoms with E-state index < -0.39 is 10.0 Å². The predicted octanol–water partition coefficient (Wildman–Crippen LogP) is -0.474. The van der Waals surface area contributed by atoms with Crippen LogP contribution in [0.25, 0.3) is 0 Å². The predicted molar refractivity (Wildman–Crippen MR) is 68.3 cm³/mol. The van der Waals surface area contributed by atoms with E-state index >= 15 is 0 Å². The van der Waals surface area contributed by atoms with E-state index in [1.807, 2.05) is 6.92 Å². The standard InChI is InChI=1S/C9H19N5O2S/c1-4-7-8(10)9(14(2)13-7)11-5-6-12-17(3,15)16/h11-12H,4-6,10H2,1-3H3. The second kappa shape index (κ2) is 5.37.